The Labute approximate surface area is 206 Å². The summed E-state index contributed by atoms with van der Waals surface area (Å²) in [6, 6.07) is 10.7. The first-order chi connectivity index (χ1) is 17.2. The lowest BCUT2D eigenvalue weighted by molar-refractivity contribution is -0.623. The van der Waals surface area contributed by atoms with Gasteiger partial charge < -0.3 is 14.5 Å². The number of alkyl halides is 2. The molecule has 1 aliphatic heterocycles. The molecular weight excluding hydrogens is 498 g/mol. The fourth-order valence-corrected chi connectivity index (χ4v) is 6.03. The Morgan fingerprint density at radius 3 is 2.61 bits per heavy atom. The van der Waals surface area contributed by atoms with Gasteiger partial charge in [0.25, 0.3) is 10.0 Å². The summed E-state index contributed by atoms with van der Waals surface area (Å²) in [7, 11) is -2.61. The van der Waals surface area contributed by atoms with Crippen molar-refractivity contribution in [1.82, 2.24) is 13.9 Å². The summed E-state index contributed by atoms with van der Waals surface area (Å²) >= 11 is 0. The largest absolute Gasteiger partial charge is 0.618 e. The summed E-state index contributed by atoms with van der Waals surface area (Å²) in [6.45, 7) is -4.05. The lowest BCUT2D eigenvalue weighted by atomic mass is 9.90. The molecule has 10 nitrogen and oxygen atoms in total. The number of sulfonamides is 1. The molecule has 0 radical (unpaired) electrons. The zero-order valence-electron chi connectivity index (χ0n) is 19.2. The van der Waals surface area contributed by atoms with Crippen LogP contribution in [0.2, 0.25) is 0 Å². The van der Waals surface area contributed by atoms with E-state index in [9.17, 15) is 27.2 Å². The maximum Gasteiger partial charge on any atom is 0.346 e. The fourth-order valence-electron chi connectivity index (χ4n) is 4.31. The average molecular weight is 523 g/mol. The Morgan fingerprint density at radius 1 is 1.25 bits per heavy atom. The highest BCUT2D eigenvalue weighted by Gasteiger charge is 2.48. The van der Waals surface area contributed by atoms with Crippen LogP contribution in [-0.2, 0) is 36.9 Å². The third-order valence-electron chi connectivity index (χ3n) is 5.98. The van der Waals surface area contributed by atoms with Crippen LogP contribution in [-0.4, -0.2) is 54.0 Å². The third-order valence-corrected chi connectivity index (χ3v) is 7.89. The Morgan fingerprint density at radius 2 is 1.97 bits per heavy atom. The Kier molecular flexibility index (Phi) is 7.33. The fraction of sp³-hybridized carbons (Fsp3) is 0.348. The van der Waals surface area contributed by atoms with Crippen LogP contribution in [0.1, 0.15) is 24.1 Å². The first-order valence-electron chi connectivity index (χ1n) is 11.0. The van der Waals surface area contributed by atoms with Crippen molar-refractivity contribution in [3.05, 3.63) is 83.6 Å². The highest BCUT2D eigenvalue weighted by Crippen LogP contribution is 2.35. The topological polar surface area (TPSA) is 118 Å². The summed E-state index contributed by atoms with van der Waals surface area (Å²) in [4.78, 5) is 17.0. The van der Waals surface area contributed by atoms with Gasteiger partial charge in [-0.1, -0.05) is 30.3 Å². The van der Waals surface area contributed by atoms with Crippen molar-refractivity contribution >= 4 is 16.0 Å². The molecule has 0 N–H and O–H groups in total. The van der Waals surface area contributed by atoms with Gasteiger partial charge >= 0.3 is 12.6 Å². The molecule has 3 heterocycles. The molecule has 1 saturated heterocycles. The second kappa shape index (κ2) is 10.3. The maximum absolute atomic E-state index is 13.7. The number of nitrogens with zero attached hydrogens (tertiary/aromatic N) is 4. The van der Waals surface area contributed by atoms with E-state index in [-0.39, 0.29) is 29.4 Å². The van der Waals surface area contributed by atoms with Gasteiger partial charge in [0.1, 0.15) is 12.6 Å². The molecule has 3 aromatic rings. The quantitative estimate of drug-likeness (QED) is 0.239. The van der Waals surface area contributed by atoms with Gasteiger partial charge in [0.2, 0.25) is 16.5 Å². The van der Waals surface area contributed by atoms with Crippen LogP contribution >= 0.6 is 0 Å². The van der Waals surface area contributed by atoms with E-state index in [1.807, 2.05) is 0 Å². The molecule has 1 fully saturated rings. The number of imidazole rings is 1. The van der Waals surface area contributed by atoms with Crippen LogP contribution in [0.15, 0.2) is 72.3 Å². The molecule has 2 aromatic heterocycles. The van der Waals surface area contributed by atoms with Gasteiger partial charge in [-0.2, -0.15) is 17.8 Å². The second-order valence-corrected chi connectivity index (χ2v) is 9.97. The minimum Gasteiger partial charge on any atom is -0.618 e. The van der Waals surface area contributed by atoms with E-state index >= 15 is 0 Å². The molecule has 192 valence electrons. The van der Waals surface area contributed by atoms with Crippen LogP contribution in [0.25, 0.3) is 0 Å². The van der Waals surface area contributed by atoms with Crippen LogP contribution in [0.3, 0.4) is 0 Å². The number of hydrogen-bond acceptors (Lipinski definition) is 7. The van der Waals surface area contributed by atoms with Gasteiger partial charge in [-0.25, -0.2) is 13.4 Å². The summed E-state index contributed by atoms with van der Waals surface area (Å²) < 4.78 is 66.8. The molecule has 4 rings (SSSR count). The van der Waals surface area contributed by atoms with Crippen LogP contribution < -0.4 is 4.73 Å². The molecule has 1 aliphatic rings. The minimum atomic E-state index is -4.13. The van der Waals surface area contributed by atoms with Crippen LogP contribution in [0, 0.1) is 5.21 Å². The number of aryl methyl sites for hydroxylation is 1. The lowest BCUT2D eigenvalue weighted by Gasteiger charge is -2.32. The monoisotopic (exact) mass is 522 g/mol. The molecule has 0 saturated carbocycles. The summed E-state index contributed by atoms with van der Waals surface area (Å²) in [6.07, 6.45) is 4.46. The van der Waals surface area contributed by atoms with Crippen molar-refractivity contribution in [2.45, 2.75) is 36.3 Å². The molecular formula is C23H24F2N4O6S. The molecule has 0 amide bonds. The third kappa shape index (κ3) is 4.81. The first kappa shape index (κ1) is 25.7. The second-order valence-electron chi connectivity index (χ2n) is 8.19. The molecule has 0 spiro atoms. The van der Waals surface area contributed by atoms with Gasteiger partial charge in [-0.3, -0.25) is 9.53 Å². The SMILES string of the molecule is Cn1ccnc1S(=O)(=O)N1CCCC1C(=O)OCC(OC(F)F)(c1ccccc1)c1cccc[n+]1[O-]. The smallest absolute Gasteiger partial charge is 0.346 e. The number of carbonyl (C=O) groups excluding carboxylic acids is 1. The standard InChI is InChI=1S/C23H24F2N4O6S/c1-27-15-12-26-22(27)36(32,33)29-14-7-10-18(29)20(30)34-16-23(35-21(24)25,17-8-3-2-4-9-17)19-11-5-6-13-28(19)31/h2-6,8-9,11-13,15,18,21H,7,10,14,16H2,1H3. The number of benzene rings is 1. The number of aromatic nitrogens is 3. The summed E-state index contributed by atoms with van der Waals surface area (Å²) in [5.74, 6) is -0.947. The van der Waals surface area contributed by atoms with E-state index in [1.54, 1.807) is 18.2 Å². The average Bonchev–Trinajstić information content (AvgIpc) is 3.52. The van der Waals surface area contributed by atoms with Crippen molar-refractivity contribution in [2.75, 3.05) is 13.2 Å². The maximum atomic E-state index is 13.7. The Hall–Kier alpha value is -3.42. The summed E-state index contributed by atoms with van der Waals surface area (Å²) in [5.41, 5.74) is -2.23. The van der Waals surface area contributed by atoms with Crippen molar-refractivity contribution in [3.63, 3.8) is 0 Å². The van der Waals surface area contributed by atoms with Gasteiger partial charge in [0.15, 0.2) is 6.20 Å². The molecule has 0 bridgehead atoms. The highest BCUT2D eigenvalue weighted by molar-refractivity contribution is 7.89. The van der Waals surface area contributed by atoms with E-state index in [4.69, 9.17) is 9.47 Å². The number of carbonyl (C=O) groups is 1. The highest BCUT2D eigenvalue weighted by atomic mass is 32.2. The molecule has 36 heavy (non-hydrogen) atoms. The van der Waals surface area contributed by atoms with Crippen LogP contribution in [0.4, 0.5) is 8.78 Å². The zero-order valence-corrected chi connectivity index (χ0v) is 20.1. The number of ether oxygens (including phenoxy) is 2. The zero-order chi connectivity index (χ0) is 25.9. The van der Waals surface area contributed by atoms with Crippen molar-refractivity contribution in [1.29, 1.82) is 0 Å². The number of rotatable bonds is 9. The number of pyridine rings is 1. The van der Waals surface area contributed by atoms with Gasteiger partial charge in [0, 0.05) is 38.1 Å². The van der Waals surface area contributed by atoms with Gasteiger partial charge in [0.05, 0.1) is 0 Å². The number of halogens is 2. The lowest BCUT2D eigenvalue weighted by Crippen LogP contribution is -2.49. The van der Waals surface area contributed by atoms with E-state index in [2.05, 4.69) is 4.98 Å². The minimum absolute atomic E-state index is 0.0611. The Balaban J connectivity index is 1.67. The van der Waals surface area contributed by atoms with Gasteiger partial charge in [-0.15, -0.1) is 0 Å². The first-order valence-corrected chi connectivity index (χ1v) is 12.5. The predicted molar refractivity (Wildman–Crippen MR) is 121 cm³/mol. The van der Waals surface area contributed by atoms with Crippen molar-refractivity contribution in [2.24, 2.45) is 7.05 Å². The molecule has 13 heteroatoms. The van der Waals surface area contributed by atoms with Crippen LogP contribution in [0.5, 0.6) is 0 Å². The van der Waals surface area contributed by atoms with Crippen molar-refractivity contribution < 1.29 is 36.2 Å². The number of esters is 1. The van der Waals surface area contributed by atoms with E-state index in [1.165, 1.54) is 54.3 Å². The molecule has 2 atom stereocenters. The van der Waals surface area contributed by atoms with Crippen molar-refractivity contribution in [3.8, 4) is 0 Å². The molecule has 1 aromatic carbocycles. The number of hydrogen-bond donors (Lipinski definition) is 0. The van der Waals surface area contributed by atoms with E-state index < -0.39 is 40.9 Å². The predicted octanol–water partition coefficient (Wildman–Crippen LogP) is 1.93. The van der Waals surface area contributed by atoms with E-state index in [0.29, 0.717) is 11.2 Å². The Bertz CT molecular complexity index is 1320. The van der Waals surface area contributed by atoms with Gasteiger partial charge in [-0.05, 0) is 24.5 Å². The van der Waals surface area contributed by atoms with E-state index in [0.717, 1.165) is 10.5 Å². The molecule has 2 unspecified atom stereocenters. The molecule has 0 aliphatic carbocycles. The normalized spacial score (nSPS) is 18.3. The summed E-state index contributed by atoms with van der Waals surface area (Å²) in [5, 5.41) is 12.4.